The van der Waals surface area contributed by atoms with Gasteiger partial charge in [0.15, 0.2) is 24.6 Å². The van der Waals surface area contributed by atoms with Crippen LogP contribution in [0.3, 0.4) is 0 Å². The van der Waals surface area contributed by atoms with E-state index >= 15 is 0 Å². The molecule has 14 heteroatoms. The second-order valence-electron chi connectivity index (χ2n) is 10.4. The van der Waals surface area contributed by atoms with Crippen molar-refractivity contribution in [2.75, 3.05) is 13.7 Å². The molecule has 4 rings (SSSR count). The summed E-state index contributed by atoms with van der Waals surface area (Å²) in [6, 6.07) is 17.1. The Kier molecular flexibility index (Phi) is 13.2. The van der Waals surface area contributed by atoms with Gasteiger partial charge in [-0.05, 0) is 29.8 Å². The minimum atomic E-state index is -1.34. The van der Waals surface area contributed by atoms with Gasteiger partial charge in [-0.15, -0.1) is 0 Å². The minimum Gasteiger partial charge on any atom is -0.497 e. The number of ether oxygens (including phenoxy) is 7. The quantitative estimate of drug-likeness (QED) is 0.141. The number of carbonyl (C=O) groups is 3. The van der Waals surface area contributed by atoms with Crippen molar-refractivity contribution in [2.45, 2.75) is 64.2 Å². The normalized spacial score (nSPS) is 21.4. The van der Waals surface area contributed by atoms with Gasteiger partial charge in [0.1, 0.15) is 18.0 Å². The van der Waals surface area contributed by atoms with E-state index in [1.54, 1.807) is 24.3 Å². The highest BCUT2D eigenvalue weighted by Gasteiger charge is 2.52. The molecule has 0 bridgehead atoms. The molecule has 0 saturated carbocycles. The molecule has 1 unspecified atom stereocenters. The fraction of sp³-hybridized carbons (Fsp3) is 0.364. The van der Waals surface area contributed by atoms with Crippen LogP contribution in [-0.4, -0.2) is 62.3 Å². The number of hydrogen-bond acceptors (Lipinski definition) is 10. The molecule has 3 aromatic carbocycles. The monoisotopic (exact) mass is 728 g/mol. The first-order valence-corrected chi connectivity index (χ1v) is 15.8. The number of halogens is 4. The standard InChI is InChI=1S/C33H32Cl4O10/c1-17(38)44-30-27(47-33(43-15-20-8-6-5-7-9-20)32(46-19(3)40)31(30)45-18(2)39)16-42-29(23-11-10-21(34)12-24(23)35)28-25(36)13-22(41-4)14-26(28)37/h5-14,27,29-33H,15-16H2,1-4H3/t27-,29?,30-,31+,32+,33+/m1/s1. The molecule has 1 saturated heterocycles. The first kappa shape index (κ1) is 36.7. The van der Waals surface area contributed by atoms with Crippen LogP contribution in [0.15, 0.2) is 60.7 Å². The third kappa shape index (κ3) is 9.73. The Bertz CT molecular complexity index is 1550. The summed E-state index contributed by atoms with van der Waals surface area (Å²) in [5.74, 6) is -1.74. The van der Waals surface area contributed by atoms with E-state index < -0.39 is 54.7 Å². The lowest BCUT2D eigenvalue weighted by Gasteiger charge is -2.44. The third-order valence-electron chi connectivity index (χ3n) is 6.98. The first-order valence-electron chi connectivity index (χ1n) is 14.3. The summed E-state index contributed by atoms with van der Waals surface area (Å²) in [4.78, 5) is 36.9. The molecule has 0 aromatic heterocycles. The van der Waals surface area contributed by atoms with E-state index in [0.717, 1.165) is 5.56 Å². The van der Waals surface area contributed by atoms with Gasteiger partial charge in [-0.3, -0.25) is 14.4 Å². The molecule has 10 nitrogen and oxygen atoms in total. The van der Waals surface area contributed by atoms with Crippen molar-refractivity contribution in [3.63, 3.8) is 0 Å². The number of carbonyl (C=O) groups excluding carboxylic acids is 3. The van der Waals surface area contributed by atoms with Crippen molar-refractivity contribution in [2.24, 2.45) is 0 Å². The summed E-state index contributed by atoms with van der Waals surface area (Å²) in [5, 5.41) is 1.06. The van der Waals surface area contributed by atoms with E-state index in [4.69, 9.17) is 79.6 Å². The average molecular weight is 730 g/mol. The molecule has 1 aliphatic rings. The summed E-state index contributed by atoms with van der Waals surface area (Å²) < 4.78 is 40.9. The van der Waals surface area contributed by atoms with Gasteiger partial charge in [-0.1, -0.05) is 82.8 Å². The molecular formula is C33H32Cl4O10. The van der Waals surface area contributed by atoms with Crippen LogP contribution >= 0.6 is 46.4 Å². The smallest absolute Gasteiger partial charge is 0.303 e. The summed E-state index contributed by atoms with van der Waals surface area (Å²) in [6.45, 7) is 3.26. The van der Waals surface area contributed by atoms with Gasteiger partial charge in [0.2, 0.25) is 0 Å². The lowest BCUT2D eigenvalue weighted by atomic mass is 9.97. The zero-order valence-electron chi connectivity index (χ0n) is 25.7. The molecule has 252 valence electrons. The van der Waals surface area contributed by atoms with Crippen LogP contribution in [0, 0.1) is 0 Å². The molecule has 1 aliphatic heterocycles. The van der Waals surface area contributed by atoms with Gasteiger partial charge in [0.25, 0.3) is 0 Å². The molecule has 3 aromatic rings. The number of hydrogen-bond donors (Lipinski definition) is 0. The molecule has 0 spiro atoms. The minimum absolute atomic E-state index is 0.0436. The van der Waals surface area contributed by atoms with Crippen molar-refractivity contribution in [1.82, 2.24) is 0 Å². The summed E-state index contributed by atoms with van der Waals surface area (Å²) in [6.07, 6.45) is -7.38. The lowest BCUT2D eigenvalue weighted by Crippen LogP contribution is -2.62. The number of esters is 3. The van der Waals surface area contributed by atoms with Crippen LogP contribution in [0.25, 0.3) is 0 Å². The largest absolute Gasteiger partial charge is 0.497 e. The van der Waals surface area contributed by atoms with Crippen LogP contribution in [0.1, 0.15) is 43.6 Å². The van der Waals surface area contributed by atoms with Crippen molar-refractivity contribution in [1.29, 1.82) is 0 Å². The highest BCUT2D eigenvalue weighted by molar-refractivity contribution is 6.37. The molecule has 0 radical (unpaired) electrons. The highest BCUT2D eigenvalue weighted by Crippen LogP contribution is 2.42. The zero-order chi connectivity index (χ0) is 34.2. The van der Waals surface area contributed by atoms with Crippen molar-refractivity contribution in [3.8, 4) is 5.75 Å². The number of benzene rings is 3. The Morgan fingerprint density at radius 1 is 0.766 bits per heavy atom. The van der Waals surface area contributed by atoms with Crippen molar-refractivity contribution >= 4 is 64.3 Å². The molecule has 0 N–H and O–H groups in total. The average Bonchev–Trinajstić information content (AvgIpc) is 3.00. The molecule has 1 heterocycles. The molecule has 6 atom stereocenters. The fourth-order valence-corrected chi connectivity index (χ4v) is 6.21. The fourth-order valence-electron chi connectivity index (χ4n) is 5.04. The van der Waals surface area contributed by atoms with Gasteiger partial charge < -0.3 is 33.2 Å². The molecule has 47 heavy (non-hydrogen) atoms. The maximum Gasteiger partial charge on any atom is 0.303 e. The second kappa shape index (κ2) is 16.8. The van der Waals surface area contributed by atoms with Crippen LogP contribution in [0.5, 0.6) is 5.75 Å². The molecule has 1 fully saturated rings. The first-order chi connectivity index (χ1) is 22.4. The van der Waals surface area contributed by atoms with Crippen LogP contribution in [-0.2, 0) is 49.4 Å². The zero-order valence-corrected chi connectivity index (χ0v) is 28.8. The summed E-state index contributed by atoms with van der Waals surface area (Å²) >= 11 is 26.2. The highest BCUT2D eigenvalue weighted by atomic mass is 35.5. The van der Waals surface area contributed by atoms with Crippen molar-refractivity contribution < 1.29 is 47.5 Å². The predicted molar refractivity (Wildman–Crippen MR) is 174 cm³/mol. The van der Waals surface area contributed by atoms with E-state index in [9.17, 15) is 14.4 Å². The van der Waals surface area contributed by atoms with E-state index in [1.807, 2.05) is 30.3 Å². The Morgan fingerprint density at radius 2 is 1.36 bits per heavy atom. The summed E-state index contributed by atoms with van der Waals surface area (Å²) in [5.41, 5.74) is 1.60. The Balaban J connectivity index is 1.75. The number of methoxy groups -OCH3 is 1. The van der Waals surface area contributed by atoms with E-state index in [2.05, 4.69) is 0 Å². The van der Waals surface area contributed by atoms with Crippen molar-refractivity contribution in [3.05, 3.63) is 97.4 Å². The topological polar surface area (TPSA) is 116 Å². The Labute approximate surface area is 292 Å². The van der Waals surface area contributed by atoms with Gasteiger partial charge in [-0.25, -0.2) is 0 Å². The maximum absolute atomic E-state index is 12.3. The van der Waals surface area contributed by atoms with E-state index in [0.29, 0.717) is 21.9 Å². The molecule has 0 amide bonds. The lowest BCUT2D eigenvalue weighted by molar-refractivity contribution is -0.312. The van der Waals surface area contributed by atoms with E-state index in [-0.39, 0.29) is 28.3 Å². The number of rotatable bonds is 12. The molecular weight excluding hydrogens is 698 g/mol. The van der Waals surface area contributed by atoms with Gasteiger partial charge in [-0.2, -0.15) is 0 Å². The predicted octanol–water partition coefficient (Wildman–Crippen LogP) is 7.15. The van der Waals surface area contributed by atoms with E-state index in [1.165, 1.54) is 33.9 Å². The van der Waals surface area contributed by atoms with Crippen LogP contribution < -0.4 is 4.74 Å². The van der Waals surface area contributed by atoms with Crippen LogP contribution in [0.4, 0.5) is 0 Å². The SMILES string of the molecule is COc1cc(Cl)c(C(OC[C@H]2O[C@H](OCc3ccccc3)[C@@H](OC(C)=O)[C@@H](OC(C)=O)[C@@H]2OC(C)=O)c2ccc(Cl)cc2Cl)c(Cl)c1. The summed E-state index contributed by atoms with van der Waals surface area (Å²) in [7, 11) is 1.47. The second-order valence-corrected chi connectivity index (χ2v) is 12.1. The third-order valence-corrected chi connectivity index (χ3v) is 8.16. The Hall–Kier alpha value is -3.09. The van der Waals surface area contributed by atoms with Gasteiger partial charge in [0.05, 0.1) is 30.4 Å². The van der Waals surface area contributed by atoms with Gasteiger partial charge in [0, 0.05) is 41.9 Å². The maximum atomic E-state index is 12.3. The van der Waals surface area contributed by atoms with Crippen LogP contribution in [0.2, 0.25) is 20.1 Å². The molecule has 0 aliphatic carbocycles. The Morgan fingerprint density at radius 3 is 1.94 bits per heavy atom. The van der Waals surface area contributed by atoms with Gasteiger partial charge >= 0.3 is 17.9 Å².